The molecule has 0 aliphatic heterocycles. The average molecular weight is 164 g/mol. The maximum atomic E-state index is 10.1. The highest BCUT2D eigenvalue weighted by Gasteiger charge is 1.94. The van der Waals surface area contributed by atoms with Crippen LogP contribution < -0.4 is 0 Å². The van der Waals surface area contributed by atoms with Crippen LogP contribution in [0.5, 0.6) is 0 Å². The zero-order valence-corrected chi connectivity index (χ0v) is 6.97. The van der Waals surface area contributed by atoms with Crippen LogP contribution in [0.2, 0.25) is 0 Å². The highest BCUT2D eigenvalue weighted by molar-refractivity contribution is 5.66. The Morgan fingerprint density at radius 1 is 1.33 bits per heavy atom. The fourth-order valence-electron chi connectivity index (χ4n) is 0.780. The normalized spacial score (nSPS) is 7.92. The number of terminal acetylenes is 1. The molecular weight excluding hydrogens is 152 g/mol. The summed E-state index contributed by atoms with van der Waals surface area (Å²) in [5.41, 5.74) is 0. The van der Waals surface area contributed by atoms with Crippen molar-refractivity contribution in [2.24, 2.45) is 0 Å². The van der Waals surface area contributed by atoms with Crippen LogP contribution in [0.25, 0.3) is 0 Å². The van der Waals surface area contributed by atoms with Crippen LogP contribution in [-0.2, 0) is 4.79 Å². The molecule has 0 rings (SSSR count). The van der Waals surface area contributed by atoms with Gasteiger partial charge in [0.15, 0.2) is 0 Å². The van der Waals surface area contributed by atoms with Gasteiger partial charge in [-0.2, -0.15) is 0 Å². The van der Waals surface area contributed by atoms with E-state index in [1.807, 2.05) is 0 Å². The van der Waals surface area contributed by atoms with E-state index in [9.17, 15) is 4.79 Å². The second kappa shape index (κ2) is 7.69. The van der Waals surface area contributed by atoms with Gasteiger partial charge in [0.25, 0.3) is 0 Å². The molecule has 0 unspecified atom stereocenters. The van der Waals surface area contributed by atoms with E-state index in [2.05, 4.69) is 17.8 Å². The van der Waals surface area contributed by atoms with Gasteiger partial charge < -0.3 is 5.11 Å². The molecule has 0 radical (unpaired) electrons. The first kappa shape index (κ1) is 10.6. The van der Waals surface area contributed by atoms with Crippen LogP contribution in [0.4, 0.5) is 0 Å². The number of carboxylic acid groups (broad SMARTS) is 1. The summed E-state index contributed by atoms with van der Waals surface area (Å²) in [5.74, 6) is 6.79. The Bertz CT molecular complexity index is 224. The zero-order chi connectivity index (χ0) is 9.23. The number of rotatable bonds is 5. The standard InChI is InChI=1S/C10H12O2/c1-2-3-4-5-6-7-8-9-10(11)12/h1H,5-9H2,(H,11,12). The molecule has 12 heavy (non-hydrogen) atoms. The zero-order valence-electron chi connectivity index (χ0n) is 6.97. The highest BCUT2D eigenvalue weighted by atomic mass is 16.4. The van der Waals surface area contributed by atoms with Gasteiger partial charge in [-0.05, 0) is 24.7 Å². The van der Waals surface area contributed by atoms with Crippen LogP contribution in [-0.4, -0.2) is 11.1 Å². The number of aliphatic carboxylic acids is 1. The van der Waals surface area contributed by atoms with E-state index in [1.165, 1.54) is 0 Å². The Labute approximate surface area is 73.0 Å². The van der Waals surface area contributed by atoms with Crippen LogP contribution in [0, 0.1) is 24.2 Å². The van der Waals surface area contributed by atoms with Crippen molar-refractivity contribution in [1.29, 1.82) is 0 Å². The molecule has 0 aromatic carbocycles. The van der Waals surface area contributed by atoms with Crippen molar-refractivity contribution in [1.82, 2.24) is 0 Å². The number of carbonyl (C=O) groups is 1. The molecule has 0 bridgehead atoms. The van der Waals surface area contributed by atoms with Gasteiger partial charge in [-0.1, -0.05) is 12.3 Å². The first-order chi connectivity index (χ1) is 5.77. The molecule has 0 saturated carbocycles. The maximum Gasteiger partial charge on any atom is 0.303 e. The minimum Gasteiger partial charge on any atom is -0.481 e. The lowest BCUT2D eigenvalue weighted by molar-refractivity contribution is -0.137. The number of carboxylic acids is 1. The van der Waals surface area contributed by atoms with E-state index in [1.54, 1.807) is 0 Å². The van der Waals surface area contributed by atoms with Gasteiger partial charge in [0, 0.05) is 12.8 Å². The summed E-state index contributed by atoms with van der Waals surface area (Å²) in [7, 11) is 0. The fourth-order valence-corrected chi connectivity index (χ4v) is 0.780. The lowest BCUT2D eigenvalue weighted by Gasteiger charge is -1.92. The molecule has 2 nitrogen and oxygen atoms in total. The summed E-state index contributed by atoms with van der Waals surface area (Å²) in [6.45, 7) is 0. The lowest BCUT2D eigenvalue weighted by atomic mass is 10.1. The van der Waals surface area contributed by atoms with Crippen molar-refractivity contribution in [2.45, 2.75) is 32.1 Å². The minimum atomic E-state index is -0.732. The van der Waals surface area contributed by atoms with E-state index >= 15 is 0 Å². The number of hydrogen-bond acceptors (Lipinski definition) is 1. The van der Waals surface area contributed by atoms with Gasteiger partial charge >= 0.3 is 5.97 Å². The Balaban J connectivity index is 3.12. The first-order valence-corrected chi connectivity index (χ1v) is 3.92. The molecule has 0 aromatic heterocycles. The molecule has 0 fully saturated rings. The van der Waals surface area contributed by atoms with Gasteiger partial charge in [-0.3, -0.25) is 4.79 Å². The quantitative estimate of drug-likeness (QED) is 0.495. The van der Waals surface area contributed by atoms with Gasteiger partial charge in [0.05, 0.1) is 0 Å². The molecule has 2 heteroatoms. The Hall–Kier alpha value is -1.41. The first-order valence-electron chi connectivity index (χ1n) is 3.92. The van der Waals surface area contributed by atoms with E-state index in [-0.39, 0.29) is 6.42 Å². The number of hydrogen-bond donors (Lipinski definition) is 1. The molecule has 0 aliphatic rings. The summed E-state index contributed by atoms with van der Waals surface area (Å²) in [5, 5.41) is 8.30. The number of unbranched alkanes of at least 4 members (excludes halogenated alkanes) is 3. The second-order valence-corrected chi connectivity index (χ2v) is 2.40. The summed E-state index contributed by atoms with van der Waals surface area (Å²) in [4.78, 5) is 10.1. The highest BCUT2D eigenvalue weighted by Crippen LogP contribution is 2.01. The topological polar surface area (TPSA) is 37.3 Å². The third kappa shape index (κ3) is 8.59. The third-order valence-corrected chi connectivity index (χ3v) is 1.35. The van der Waals surface area contributed by atoms with Gasteiger partial charge in [0.1, 0.15) is 0 Å². The summed E-state index contributed by atoms with van der Waals surface area (Å²) < 4.78 is 0. The largest absolute Gasteiger partial charge is 0.481 e. The monoisotopic (exact) mass is 164 g/mol. The third-order valence-electron chi connectivity index (χ3n) is 1.35. The SMILES string of the molecule is C#CC#CCCCCCC(=O)O. The lowest BCUT2D eigenvalue weighted by Crippen LogP contribution is -1.93. The smallest absolute Gasteiger partial charge is 0.303 e. The molecular formula is C10H12O2. The van der Waals surface area contributed by atoms with E-state index in [0.717, 1.165) is 25.7 Å². The summed E-state index contributed by atoms with van der Waals surface area (Å²) in [6.07, 6.45) is 8.50. The van der Waals surface area contributed by atoms with Crippen LogP contribution in [0.3, 0.4) is 0 Å². The van der Waals surface area contributed by atoms with E-state index < -0.39 is 5.97 Å². The van der Waals surface area contributed by atoms with E-state index in [4.69, 9.17) is 11.5 Å². The molecule has 0 heterocycles. The predicted octanol–water partition coefficient (Wildman–Crippen LogP) is 1.66. The van der Waals surface area contributed by atoms with Crippen LogP contribution >= 0.6 is 0 Å². The Morgan fingerprint density at radius 2 is 2.08 bits per heavy atom. The fraction of sp³-hybridized carbons (Fsp3) is 0.500. The Morgan fingerprint density at radius 3 is 2.67 bits per heavy atom. The molecule has 0 aromatic rings. The molecule has 0 aliphatic carbocycles. The van der Waals surface area contributed by atoms with Crippen LogP contribution in [0.15, 0.2) is 0 Å². The molecule has 0 amide bonds. The maximum absolute atomic E-state index is 10.1. The predicted molar refractivity (Wildman–Crippen MR) is 47.3 cm³/mol. The van der Waals surface area contributed by atoms with Gasteiger partial charge in [-0.15, -0.1) is 6.42 Å². The van der Waals surface area contributed by atoms with Crippen molar-refractivity contribution < 1.29 is 9.90 Å². The molecule has 64 valence electrons. The minimum absolute atomic E-state index is 0.253. The van der Waals surface area contributed by atoms with Gasteiger partial charge in [0.2, 0.25) is 0 Å². The van der Waals surface area contributed by atoms with Crippen molar-refractivity contribution in [3.63, 3.8) is 0 Å². The van der Waals surface area contributed by atoms with Crippen molar-refractivity contribution >= 4 is 5.97 Å². The molecule has 0 atom stereocenters. The van der Waals surface area contributed by atoms with Gasteiger partial charge in [-0.25, -0.2) is 0 Å². The molecule has 0 spiro atoms. The second-order valence-electron chi connectivity index (χ2n) is 2.40. The molecule has 0 saturated heterocycles. The van der Waals surface area contributed by atoms with Crippen molar-refractivity contribution in [3.05, 3.63) is 0 Å². The molecule has 1 N–H and O–H groups in total. The van der Waals surface area contributed by atoms with Crippen molar-refractivity contribution in [2.75, 3.05) is 0 Å². The summed E-state index contributed by atoms with van der Waals surface area (Å²) in [6, 6.07) is 0. The summed E-state index contributed by atoms with van der Waals surface area (Å²) >= 11 is 0. The average Bonchev–Trinajstić information content (AvgIpc) is 2.02. The Kier molecular flexibility index (Phi) is 6.79. The van der Waals surface area contributed by atoms with Crippen molar-refractivity contribution in [3.8, 4) is 24.2 Å². The van der Waals surface area contributed by atoms with E-state index in [0.29, 0.717) is 0 Å². The van der Waals surface area contributed by atoms with Crippen LogP contribution in [0.1, 0.15) is 32.1 Å².